The van der Waals surface area contributed by atoms with Crippen LogP contribution in [0.1, 0.15) is 13.8 Å². The number of carbonyl (C=O) groups excluding carboxylic acids is 2. The molecular formula is C9H16N2O3S. The maximum Gasteiger partial charge on any atom is 0.240 e. The molecule has 86 valence electrons. The summed E-state index contributed by atoms with van der Waals surface area (Å²) < 4.78 is 0. The average molecular weight is 232 g/mol. The Kier molecular flexibility index (Phi) is 3.98. The number of nitrogens with zero attached hydrogens (tertiary/aromatic N) is 1. The zero-order valence-electron chi connectivity index (χ0n) is 8.95. The first-order valence-corrected chi connectivity index (χ1v) is 5.87. The van der Waals surface area contributed by atoms with Gasteiger partial charge in [-0.1, -0.05) is 0 Å². The summed E-state index contributed by atoms with van der Waals surface area (Å²) in [5, 5.41) is 11.6. The van der Waals surface area contributed by atoms with Crippen LogP contribution in [0.25, 0.3) is 0 Å². The van der Waals surface area contributed by atoms with Crippen LogP contribution in [-0.4, -0.2) is 52.1 Å². The number of nitrogens with one attached hydrogen (secondary N) is 1. The highest BCUT2D eigenvalue weighted by atomic mass is 32.2. The van der Waals surface area contributed by atoms with Crippen LogP contribution in [0.3, 0.4) is 0 Å². The highest BCUT2D eigenvalue weighted by Gasteiger charge is 2.25. The number of aliphatic hydroxyl groups is 1. The first kappa shape index (κ1) is 12.3. The van der Waals surface area contributed by atoms with Crippen LogP contribution in [0, 0.1) is 0 Å². The lowest BCUT2D eigenvalue weighted by atomic mass is 10.1. The molecule has 1 saturated heterocycles. The van der Waals surface area contributed by atoms with Crippen LogP contribution < -0.4 is 5.32 Å². The smallest absolute Gasteiger partial charge is 0.240 e. The van der Waals surface area contributed by atoms with E-state index >= 15 is 0 Å². The largest absolute Gasteiger partial charge is 0.394 e. The Morgan fingerprint density at radius 2 is 2.33 bits per heavy atom. The Hall–Kier alpha value is -0.750. The lowest BCUT2D eigenvalue weighted by Crippen LogP contribution is -2.50. The van der Waals surface area contributed by atoms with Gasteiger partial charge in [-0.05, 0) is 13.8 Å². The summed E-state index contributed by atoms with van der Waals surface area (Å²) in [5.41, 5.74) is -0.632. The molecule has 1 rings (SSSR count). The number of aliphatic hydroxyl groups excluding tert-OH is 1. The highest BCUT2D eigenvalue weighted by Crippen LogP contribution is 2.14. The zero-order valence-corrected chi connectivity index (χ0v) is 9.76. The van der Waals surface area contributed by atoms with E-state index in [4.69, 9.17) is 5.11 Å². The van der Waals surface area contributed by atoms with Gasteiger partial charge >= 0.3 is 0 Å². The van der Waals surface area contributed by atoms with Gasteiger partial charge in [0.05, 0.1) is 23.8 Å². The topological polar surface area (TPSA) is 69.6 Å². The molecule has 0 spiro atoms. The lowest BCUT2D eigenvalue weighted by molar-refractivity contribution is -0.133. The fraction of sp³-hybridized carbons (Fsp3) is 0.778. The molecule has 1 fully saturated rings. The van der Waals surface area contributed by atoms with Crippen LogP contribution in [0.4, 0.5) is 0 Å². The molecule has 0 bridgehead atoms. The number of carbonyl (C=O) groups is 2. The minimum absolute atomic E-state index is 0.00282. The summed E-state index contributed by atoms with van der Waals surface area (Å²) in [5.74, 6) is 0.796. The van der Waals surface area contributed by atoms with Crippen LogP contribution in [0.15, 0.2) is 0 Å². The molecule has 0 radical (unpaired) electrons. The lowest BCUT2D eigenvalue weighted by Gasteiger charge is -2.25. The standard InChI is InChI=1S/C9H16N2O3S/c1-9(2,5-12)10-7(13)3-11-6-15-4-8(11)14/h12H,3-6H2,1-2H3,(H,10,13). The molecule has 5 nitrogen and oxygen atoms in total. The Morgan fingerprint density at radius 1 is 1.67 bits per heavy atom. The number of thioether (sulfide) groups is 1. The molecule has 0 aromatic heterocycles. The van der Waals surface area contributed by atoms with Crippen molar-refractivity contribution >= 4 is 23.6 Å². The molecule has 1 aliphatic heterocycles. The van der Waals surface area contributed by atoms with Gasteiger partial charge in [-0.2, -0.15) is 0 Å². The molecule has 1 heterocycles. The van der Waals surface area contributed by atoms with E-state index in [1.807, 2.05) is 0 Å². The van der Waals surface area contributed by atoms with E-state index in [0.717, 1.165) is 0 Å². The zero-order chi connectivity index (χ0) is 11.5. The summed E-state index contributed by atoms with van der Waals surface area (Å²) in [7, 11) is 0. The SMILES string of the molecule is CC(C)(CO)NC(=O)CN1CSCC1=O. The monoisotopic (exact) mass is 232 g/mol. The van der Waals surface area contributed by atoms with Gasteiger partial charge in [0.15, 0.2) is 0 Å². The van der Waals surface area contributed by atoms with Crippen molar-refractivity contribution in [2.45, 2.75) is 19.4 Å². The van der Waals surface area contributed by atoms with Crippen molar-refractivity contribution in [2.75, 3.05) is 24.8 Å². The summed E-state index contributed by atoms with van der Waals surface area (Å²) in [6.07, 6.45) is 0. The van der Waals surface area contributed by atoms with Gasteiger partial charge in [0.2, 0.25) is 11.8 Å². The van der Waals surface area contributed by atoms with Gasteiger partial charge in [-0.25, -0.2) is 0 Å². The Bertz CT molecular complexity index is 268. The van der Waals surface area contributed by atoms with Crippen LogP contribution >= 0.6 is 11.8 Å². The third kappa shape index (κ3) is 3.71. The molecular weight excluding hydrogens is 216 g/mol. The Balaban J connectivity index is 2.39. The molecule has 2 amide bonds. The summed E-state index contributed by atoms with van der Waals surface area (Å²) in [4.78, 5) is 24.2. The van der Waals surface area contributed by atoms with E-state index in [2.05, 4.69) is 5.32 Å². The quantitative estimate of drug-likeness (QED) is 0.679. The number of amides is 2. The second-order valence-corrected chi connectivity index (χ2v) is 5.11. The van der Waals surface area contributed by atoms with Gasteiger partial charge < -0.3 is 15.3 Å². The Labute approximate surface area is 93.2 Å². The molecule has 0 unspecified atom stereocenters. The predicted octanol–water partition coefficient (Wildman–Crippen LogP) is -0.594. The van der Waals surface area contributed by atoms with E-state index in [9.17, 15) is 9.59 Å². The maximum atomic E-state index is 11.5. The van der Waals surface area contributed by atoms with Crippen molar-refractivity contribution in [3.63, 3.8) is 0 Å². The second-order valence-electron chi connectivity index (χ2n) is 4.16. The van der Waals surface area contributed by atoms with Gasteiger partial charge in [0.25, 0.3) is 0 Å². The molecule has 1 aliphatic rings. The number of rotatable bonds is 4. The average Bonchev–Trinajstić information content (AvgIpc) is 2.51. The van der Waals surface area contributed by atoms with Gasteiger partial charge in [0, 0.05) is 0 Å². The fourth-order valence-electron chi connectivity index (χ4n) is 1.17. The Morgan fingerprint density at radius 3 is 2.80 bits per heavy atom. The highest BCUT2D eigenvalue weighted by molar-refractivity contribution is 8.00. The molecule has 0 aliphatic carbocycles. The van der Waals surface area contributed by atoms with Crippen molar-refractivity contribution in [3.05, 3.63) is 0 Å². The van der Waals surface area contributed by atoms with Crippen LogP contribution in [0.2, 0.25) is 0 Å². The molecule has 0 aromatic carbocycles. The van der Waals surface area contributed by atoms with Crippen molar-refractivity contribution in [2.24, 2.45) is 0 Å². The van der Waals surface area contributed by atoms with Gasteiger partial charge in [-0.15, -0.1) is 11.8 Å². The van der Waals surface area contributed by atoms with Crippen molar-refractivity contribution in [1.82, 2.24) is 10.2 Å². The van der Waals surface area contributed by atoms with Crippen LogP contribution in [-0.2, 0) is 9.59 Å². The molecule has 15 heavy (non-hydrogen) atoms. The van der Waals surface area contributed by atoms with E-state index in [-0.39, 0.29) is 25.0 Å². The van der Waals surface area contributed by atoms with Crippen molar-refractivity contribution < 1.29 is 14.7 Å². The predicted molar refractivity (Wildman–Crippen MR) is 58.3 cm³/mol. The molecule has 0 saturated carbocycles. The molecule has 0 atom stereocenters. The molecule has 2 N–H and O–H groups in total. The second kappa shape index (κ2) is 4.85. The summed E-state index contributed by atoms with van der Waals surface area (Å²) in [6, 6.07) is 0. The summed E-state index contributed by atoms with van der Waals surface area (Å²) >= 11 is 1.50. The maximum absolute atomic E-state index is 11.5. The molecule has 0 aromatic rings. The normalized spacial score (nSPS) is 17.0. The van der Waals surface area contributed by atoms with E-state index < -0.39 is 5.54 Å². The fourth-order valence-corrected chi connectivity index (χ4v) is 2.07. The minimum atomic E-state index is -0.632. The summed E-state index contributed by atoms with van der Waals surface area (Å²) in [6.45, 7) is 3.41. The van der Waals surface area contributed by atoms with Crippen LogP contribution in [0.5, 0.6) is 0 Å². The van der Waals surface area contributed by atoms with Crippen molar-refractivity contribution in [3.8, 4) is 0 Å². The first-order chi connectivity index (χ1) is 6.94. The third-order valence-corrected chi connectivity index (χ3v) is 2.98. The minimum Gasteiger partial charge on any atom is -0.394 e. The van der Waals surface area contributed by atoms with E-state index in [1.54, 1.807) is 13.8 Å². The third-order valence-electron chi connectivity index (χ3n) is 2.03. The van der Waals surface area contributed by atoms with Gasteiger partial charge in [0.1, 0.15) is 6.54 Å². The molecule has 6 heteroatoms. The van der Waals surface area contributed by atoms with E-state index in [0.29, 0.717) is 11.6 Å². The van der Waals surface area contributed by atoms with Crippen molar-refractivity contribution in [1.29, 1.82) is 0 Å². The van der Waals surface area contributed by atoms with E-state index in [1.165, 1.54) is 16.7 Å². The first-order valence-electron chi connectivity index (χ1n) is 4.72. The number of hydrogen-bond donors (Lipinski definition) is 2. The number of hydrogen-bond acceptors (Lipinski definition) is 4. The van der Waals surface area contributed by atoms with Gasteiger partial charge in [-0.3, -0.25) is 9.59 Å².